The molecule has 0 N–H and O–H groups in total. The van der Waals surface area contributed by atoms with E-state index in [0.29, 0.717) is 15.1 Å². The second-order valence-electron chi connectivity index (χ2n) is 8.79. The van der Waals surface area contributed by atoms with Crippen LogP contribution in [0.3, 0.4) is 0 Å². The zero-order chi connectivity index (χ0) is 21.7. The van der Waals surface area contributed by atoms with Gasteiger partial charge in [0.15, 0.2) is 0 Å². The van der Waals surface area contributed by atoms with E-state index in [4.69, 9.17) is 0 Å². The Morgan fingerprint density at radius 2 is 1.53 bits per heavy atom. The molecule has 2 aromatic rings. The molecule has 2 unspecified atom stereocenters. The molecular weight excluding hydrogens is 470 g/mol. The SMILES string of the molecule is CC1=C(C)C(C)[C]([Zr]([CH]2C=C(c3cc(F)cc(F)c3)c3ccccc32)=[Si](C)C)=C1C. The molecular formula is C26H28F2SiZr. The maximum absolute atomic E-state index is 14.0. The van der Waals surface area contributed by atoms with Crippen molar-refractivity contribution in [1.82, 2.24) is 0 Å². The van der Waals surface area contributed by atoms with Crippen LogP contribution in [0, 0.1) is 17.6 Å². The van der Waals surface area contributed by atoms with E-state index in [1.807, 2.05) is 6.07 Å². The first kappa shape index (κ1) is 21.8. The summed E-state index contributed by atoms with van der Waals surface area (Å²) in [5, 5.41) is 0. The predicted molar refractivity (Wildman–Crippen MR) is 120 cm³/mol. The molecule has 0 bridgehead atoms. The predicted octanol–water partition coefficient (Wildman–Crippen LogP) is 7.58. The molecule has 4 heteroatoms. The molecule has 30 heavy (non-hydrogen) atoms. The number of hydrogen-bond donors (Lipinski definition) is 0. The zero-order valence-electron chi connectivity index (χ0n) is 18.5. The van der Waals surface area contributed by atoms with Gasteiger partial charge in [-0.1, -0.05) is 0 Å². The number of allylic oxidation sites excluding steroid dienone is 5. The summed E-state index contributed by atoms with van der Waals surface area (Å²) in [6, 6.07) is 12.4. The summed E-state index contributed by atoms with van der Waals surface area (Å²) in [4.78, 5) is 0. The summed E-state index contributed by atoms with van der Waals surface area (Å²) in [5.41, 5.74) is 8.20. The van der Waals surface area contributed by atoms with Gasteiger partial charge in [0.1, 0.15) is 0 Å². The first-order chi connectivity index (χ1) is 14.2. The molecule has 0 aromatic heterocycles. The van der Waals surface area contributed by atoms with Gasteiger partial charge in [-0.25, -0.2) is 0 Å². The summed E-state index contributed by atoms with van der Waals surface area (Å²) in [7, 11) is 0. The summed E-state index contributed by atoms with van der Waals surface area (Å²) >= 11 is -2.10. The van der Waals surface area contributed by atoms with Gasteiger partial charge in [0.05, 0.1) is 0 Å². The van der Waals surface area contributed by atoms with Crippen molar-refractivity contribution in [1.29, 1.82) is 0 Å². The van der Waals surface area contributed by atoms with Crippen molar-refractivity contribution in [2.75, 3.05) is 0 Å². The fraction of sp³-hybridized carbons (Fsp3) is 0.308. The van der Waals surface area contributed by atoms with Crippen LogP contribution in [0.5, 0.6) is 0 Å². The monoisotopic (exact) mass is 496 g/mol. The van der Waals surface area contributed by atoms with E-state index in [-0.39, 0.29) is 0 Å². The minimum absolute atomic E-state index is 0.430. The van der Waals surface area contributed by atoms with Crippen LogP contribution in [-0.2, 0) is 20.4 Å². The van der Waals surface area contributed by atoms with Gasteiger partial charge >= 0.3 is 187 Å². The summed E-state index contributed by atoms with van der Waals surface area (Å²) in [6.45, 7) is 14.2. The van der Waals surface area contributed by atoms with E-state index in [9.17, 15) is 8.78 Å². The standard InChI is InChI=1S/C15H9F2.C9H13.C2H6Si.Zr/c16-12-7-11(8-13(17)9-12)15-6-5-10-3-1-2-4-14(10)15;1-6-5-7(2)9(4)8(6)3;1-3-2;/h1-9H;6H,1-4H3;1-2H3;. The first-order valence-corrected chi connectivity index (χ1v) is 19.4. The van der Waals surface area contributed by atoms with E-state index in [1.165, 1.54) is 34.4 Å². The van der Waals surface area contributed by atoms with Crippen LogP contribution in [-0.4, -0.2) is 5.43 Å². The molecule has 2 atom stereocenters. The molecule has 0 aliphatic heterocycles. The Hall–Kier alpha value is -1.38. The van der Waals surface area contributed by atoms with Crippen LogP contribution < -0.4 is 0 Å². The molecule has 2 aliphatic rings. The van der Waals surface area contributed by atoms with Crippen LogP contribution in [0.2, 0.25) is 13.1 Å². The Kier molecular flexibility index (Phi) is 6.03. The van der Waals surface area contributed by atoms with Gasteiger partial charge in [0.25, 0.3) is 0 Å². The molecule has 0 nitrogen and oxygen atoms in total. The normalized spacial score (nSPS) is 20.6. The van der Waals surface area contributed by atoms with Crippen molar-refractivity contribution in [3.8, 4) is 0 Å². The fourth-order valence-electron chi connectivity index (χ4n) is 5.11. The quantitative estimate of drug-likeness (QED) is 0.383. The second kappa shape index (κ2) is 8.28. The van der Waals surface area contributed by atoms with Crippen molar-refractivity contribution < 1.29 is 29.1 Å². The maximum atomic E-state index is 14.0. The molecule has 0 amide bonds. The Balaban J connectivity index is 1.92. The van der Waals surface area contributed by atoms with Gasteiger partial charge in [-0.2, -0.15) is 0 Å². The Labute approximate surface area is 186 Å². The molecule has 0 fully saturated rings. The van der Waals surface area contributed by atoms with Crippen LogP contribution in [0.1, 0.15) is 48.0 Å². The van der Waals surface area contributed by atoms with E-state index < -0.39 is 37.4 Å². The molecule has 4 rings (SSSR count). The van der Waals surface area contributed by atoms with E-state index >= 15 is 0 Å². The van der Waals surface area contributed by atoms with Gasteiger partial charge in [-0.3, -0.25) is 0 Å². The number of fused-ring (bicyclic) bond motifs is 1. The van der Waals surface area contributed by atoms with Crippen LogP contribution >= 0.6 is 0 Å². The van der Waals surface area contributed by atoms with Gasteiger partial charge < -0.3 is 0 Å². The van der Waals surface area contributed by atoms with Gasteiger partial charge in [0.2, 0.25) is 0 Å². The van der Waals surface area contributed by atoms with Crippen molar-refractivity contribution >= 4 is 11.0 Å². The molecule has 2 aliphatic carbocycles. The van der Waals surface area contributed by atoms with Crippen LogP contribution in [0.4, 0.5) is 8.78 Å². The zero-order valence-corrected chi connectivity index (χ0v) is 22.0. The summed E-state index contributed by atoms with van der Waals surface area (Å²) in [5.74, 6) is -0.490. The molecule has 0 saturated carbocycles. The molecule has 0 heterocycles. The number of benzene rings is 2. The second-order valence-corrected chi connectivity index (χ2v) is 26.2. The number of halogens is 2. The number of hydrogen-bond acceptors (Lipinski definition) is 0. The van der Waals surface area contributed by atoms with E-state index in [2.05, 4.69) is 65.1 Å². The van der Waals surface area contributed by atoms with Crippen molar-refractivity contribution in [3.63, 3.8) is 0 Å². The Morgan fingerprint density at radius 1 is 0.900 bits per heavy atom. The summed E-state index contributed by atoms with van der Waals surface area (Å²) in [6.07, 6.45) is 2.36. The molecule has 2 aromatic carbocycles. The molecule has 0 saturated heterocycles. The topological polar surface area (TPSA) is 0 Å². The van der Waals surface area contributed by atoms with E-state index in [0.717, 1.165) is 17.2 Å². The van der Waals surface area contributed by atoms with Crippen LogP contribution in [0.25, 0.3) is 5.57 Å². The summed E-state index contributed by atoms with van der Waals surface area (Å²) < 4.78 is 30.2. The molecule has 0 spiro atoms. The third-order valence-electron chi connectivity index (χ3n) is 6.87. The van der Waals surface area contributed by atoms with Gasteiger partial charge in [-0.15, -0.1) is 0 Å². The Bertz CT molecular complexity index is 1160. The van der Waals surface area contributed by atoms with Crippen molar-refractivity contribution in [2.24, 2.45) is 5.92 Å². The minimum atomic E-state index is -2.10. The fourth-order valence-corrected chi connectivity index (χ4v) is 24.8. The third-order valence-corrected chi connectivity index (χ3v) is 25.4. The molecule has 154 valence electrons. The number of rotatable bonds is 3. The van der Waals surface area contributed by atoms with Gasteiger partial charge in [0, 0.05) is 0 Å². The third kappa shape index (κ3) is 3.60. The average Bonchev–Trinajstić information content (AvgIpc) is 3.15. The van der Waals surface area contributed by atoms with Crippen LogP contribution in [0.15, 0.2) is 68.5 Å². The van der Waals surface area contributed by atoms with E-state index in [1.54, 1.807) is 3.28 Å². The molecule has 0 radical (unpaired) electrons. The van der Waals surface area contributed by atoms with Crippen molar-refractivity contribution in [2.45, 2.75) is 44.4 Å². The van der Waals surface area contributed by atoms with Gasteiger partial charge in [-0.05, 0) is 0 Å². The average molecular weight is 498 g/mol. The van der Waals surface area contributed by atoms with Crippen molar-refractivity contribution in [3.05, 3.63) is 96.9 Å². The first-order valence-electron chi connectivity index (χ1n) is 10.5. The Morgan fingerprint density at radius 3 is 2.10 bits per heavy atom.